The number of hydrogen-bond acceptors (Lipinski definition) is 4. The first-order valence-corrected chi connectivity index (χ1v) is 4.98. The molecule has 1 saturated heterocycles. The predicted octanol–water partition coefficient (Wildman–Crippen LogP) is 1.10. The van der Waals surface area contributed by atoms with Crippen LogP contribution in [0.1, 0.15) is 0 Å². The lowest BCUT2D eigenvalue weighted by atomic mass is 10.3. The van der Waals surface area contributed by atoms with E-state index in [0.717, 1.165) is 0 Å². The third kappa shape index (κ3) is 2.02. The first kappa shape index (κ1) is 10.2. The summed E-state index contributed by atoms with van der Waals surface area (Å²) in [5.74, 6) is 0.118. The van der Waals surface area contributed by atoms with Crippen LogP contribution in [-0.4, -0.2) is 38.3 Å². The molecule has 1 N–H and O–H groups in total. The minimum absolute atomic E-state index is 0.290. The van der Waals surface area contributed by atoms with Crippen molar-refractivity contribution in [3.63, 3.8) is 0 Å². The summed E-state index contributed by atoms with van der Waals surface area (Å²) >= 11 is 0. The Morgan fingerprint density at radius 1 is 1.47 bits per heavy atom. The van der Waals surface area contributed by atoms with Crippen LogP contribution < -0.4 is 10.2 Å². The van der Waals surface area contributed by atoms with Crippen LogP contribution in [0.4, 0.5) is 15.9 Å². The zero-order chi connectivity index (χ0) is 10.7. The molecule has 5 heteroatoms. The summed E-state index contributed by atoms with van der Waals surface area (Å²) in [4.78, 5) is 5.97. The van der Waals surface area contributed by atoms with Crippen molar-refractivity contribution >= 4 is 11.5 Å². The van der Waals surface area contributed by atoms with Crippen molar-refractivity contribution in [3.8, 4) is 0 Å². The van der Waals surface area contributed by atoms with Crippen molar-refractivity contribution in [2.45, 2.75) is 0 Å². The van der Waals surface area contributed by atoms with Gasteiger partial charge < -0.3 is 15.0 Å². The van der Waals surface area contributed by atoms with Gasteiger partial charge in [-0.2, -0.15) is 0 Å². The number of anilines is 2. The van der Waals surface area contributed by atoms with Gasteiger partial charge in [0.05, 0.1) is 18.9 Å². The third-order valence-corrected chi connectivity index (χ3v) is 2.45. The first-order chi connectivity index (χ1) is 7.33. The molecule has 0 spiro atoms. The van der Waals surface area contributed by atoms with Gasteiger partial charge >= 0.3 is 0 Å². The molecule has 2 heterocycles. The minimum Gasteiger partial charge on any atom is -0.386 e. The quantitative estimate of drug-likeness (QED) is 0.794. The van der Waals surface area contributed by atoms with Crippen LogP contribution in [0, 0.1) is 5.82 Å². The maximum Gasteiger partial charge on any atom is 0.188 e. The summed E-state index contributed by atoms with van der Waals surface area (Å²) in [7, 11) is 1.70. The number of halogens is 1. The van der Waals surface area contributed by atoms with Crippen molar-refractivity contribution in [2.24, 2.45) is 0 Å². The Bertz CT molecular complexity index is 339. The molecule has 0 aliphatic carbocycles. The Balaban J connectivity index is 2.26. The highest BCUT2D eigenvalue weighted by molar-refractivity contribution is 5.55. The van der Waals surface area contributed by atoms with E-state index in [1.54, 1.807) is 19.3 Å². The van der Waals surface area contributed by atoms with Gasteiger partial charge in [0.1, 0.15) is 0 Å². The van der Waals surface area contributed by atoms with Crippen molar-refractivity contribution in [1.82, 2.24) is 4.98 Å². The van der Waals surface area contributed by atoms with Gasteiger partial charge in [0.2, 0.25) is 0 Å². The Morgan fingerprint density at radius 2 is 2.20 bits per heavy atom. The van der Waals surface area contributed by atoms with Crippen molar-refractivity contribution < 1.29 is 9.13 Å². The number of aromatic nitrogens is 1. The number of rotatable bonds is 2. The van der Waals surface area contributed by atoms with Crippen LogP contribution in [0.2, 0.25) is 0 Å². The molecule has 15 heavy (non-hydrogen) atoms. The molecule has 1 aromatic rings. The molecule has 4 nitrogen and oxygen atoms in total. The monoisotopic (exact) mass is 211 g/mol. The fraction of sp³-hybridized carbons (Fsp3) is 0.500. The summed E-state index contributed by atoms with van der Waals surface area (Å²) in [6, 6.07) is 1.62. The molecule has 0 unspecified atom stereocenters. The van der Waals surface area contributed by atoms with E-state index in [1.807, 2.05) is 4.90 Å². The third-order valence-electron chi connectivity index (χ3n) is 2.45. The molecule has 0 bridgehead atoms. The number of ether oxygens (including phenoxy) is 1. The summed E-state index contributed by atoms with van der Waals surface area (Å²) < 4.78 is 19.1. The maximum absolute atomic E-state index is 13.8. The van der Waals surface area contributed by atoms with E-state index in [9.17, 15) is 4.39 Å². The highest BCUT2D eigenvalue weighted by Gasteiger charge is 2.17. The molecule has 0 saturated carbocycles. The standard InChI is InChI=1S/C10H14FN3O/c1-12-8-2-3-13-10(9(8)11)14-4-6-15-7-5-14/h2-3H,4-7H2,1H3,(H,12,13). The Morgan fingerprint density at radius 3 is 2.87 bits per heavy atom. The molecule has 2 rings (SSSR count). The smallest absolute Gasteiger partial charge is 0.188 e. The normalized spacial score (nSPS) is 16.5. The minimum atomic E-state index is -0.290. The summed E-state index contributed by atoms with van der Waals surface area (Å²) in [5.41, 5.74) is 0.478. The van der Waals surface area contributed by atoms with Crippen LogP contribution >= 0.6 is 0 Å². The topological polar surface area (TPSA) is 37.4 Å². The van der Waals surface area contributed by atoms with E-state index in [1.165, 1.54) is 0 Å². The van der Waals surface area contributed by atoms with Crippen LogP contribution in [0.15, 0.2) is 12.3 Å². The maximum atomic E-state index is 13.8. The number of morpholine rings is 1. The fourth-order valence-corrected chi connectivity index (χ4v) is 1.62. The van der Waals surface area contributed by atoms with Crippen LogP contribution in [0.5, 0.6) is 0 Å². The first-order valence-electron chi connectivity index (χ1n) is 4.98. The highest BCUT2D eigenvalue weighted by atomic mass is 19.1. The molecule has 82 valence electrons. The van der Waals surface area contributed by atoms with Gasteiger partial charge in [0.25, 0.3) is 0 Å². The van der Waals surface area contributed by atoms with E-state index in [4.69, 9.17) is 4.74 Å². The van der Waals surface area contributed by atoms with Crippen LogP contribution in [-0.2, 0) is 4.74 Å². The van der Waals surface area contributed by atoms with Gasteiger partial charge in [0.15, 0.2) is 11.6 Å². The van der Waals surface area contributed by atoms with Crippen LogP contribution in [0.25, 0.3) is 0 Å². The predicted molar refractivity (Wildman–Crippen MR) is 56.8 cm³/mol. The molecule has 1 aliphatic heterocycles. The average molecular weight is 211 g/mol. The number of pyridine rings is 1. The van der Waals surface area contributed by atoms with E-state index in [2.05, 4.69) is 10.3 Å². The highest BCUT2D eigenvalue weighted by Crippen LogP contribution is 2.23. The largest absolute Gasteiger partial charge is 0.386 e. The summed E-state index contributed by atoms with van der Waals surface area (Å²) in [5, 5.41) is 2.80. The molecule has 1 aromatic heterocycles. The number of nitrogens with zero attached hydrogens (tertiary/aromatic N) is 2. The lowest BCUT2D eigenvalue weighted by Crippen LogP contribution is -2.37. The lowest BCUT2D eigenvalue weighted by molar-refractivity contribution is 0.122. The SMILES string of the molecule is CNc1ccnc(N2CCOCC2)c1F. The van der Waals surface area contributed by atoms with Gasteiger partial charge in [-0.25, -0.2) is 9.37 Å². The average Bonchev–Trinajstić information content (AvgIpc) is 2.30. The van der Waals surface area contributed by atoms with Gasteiger partial charge in [-0.1, -0.05) is 0 Å². The number of nitrogens with one attached hydrogen (secondary N) is 1. The van der Waals surface area contributed by atoms with Crippen LogP contribution in [0.3, 0.4) is 0 Å². The molecule has 0 radical (unpaired) electrons. The van der Waals surface area contributed by atoms with E-state index >= 15 is 0 Å². The van der Waals surface area contributed by atoms with Crippen molar-refractivity contribution in [1.29, 1.82) is 0 Å². The Kier molecular flexibility index (Phi) is 3.01. The second-order valence-electron chi connectivity index (χ2n) is 3.35. The van der Waals surface area contributed by atoms with E-state index < -0.39 is 0 Å². The molecular formula is C10H14FN3O. The zero-order valence-electron chi connectivity index (χ0n) is 8.66. The summed E-state index contributed by atoms with van der Waals surface area (Å²) in [6.07, 6.45) is 1.61. The second kappa shape index (κ2) is 4.44. The van der Waals surface area contributed by atoms with Gasteiger partial charge in [-0.15, -0.1) is 0 Å². The molecular weight excluding hydrogens is 197 g/mol. The van der Waals surface area contributed by atoms with Crippen molar-refractivity contribution in [3.05, 3.63) is 18.1 Å². The zero-order valence-corrected chi connectivity index (χ0v) is 8.66. The van der Waals surface area contributed by atoms with Gasteiger partial charge in [-0.05, 0) is 6.07 Å². The second-order valence-corrected chi connectivity index (χ2v) is 3.35. The van der Waals surface area contributed by atoms with Crippen molar-refractivity contribution in [2.75, 3.05) is 43.6 Å². The lowest BCUT2D eigenvalue weighted by Gasteiger charge is -2.28. The Labute approximate surface area is 88.1 Å². The number of hydrogen-bond donors (Lipinski definition) is 1. The summed E-state index contributed by atoms with van der Waals surface area (Å²) in [6.45, 7) is 2.64. The van der Waals surface area contributed by atoms with Gasteiger partial charge in [-0.3, -0.25) is 0 Å². The van der Waals surface area contributed by atoms with Gasteiger partial charge in [0, 0.05) is 26.3 Å². The molecule has 0 atom stereocenters. The molecule has 1 fully saturated rings. The molecule has 1 aliphatic rings. The molecule has 0 aromatic carbocycles. The Hall–Kier alpha value is -1.36. The fourth-order valence-electron chi connectivity index (χ4n) is 1.62. The van der Waals surface area contributed by atoms with E-state index in [0.29, 0.717) is 37.8 Å². The molecule has 0 amide bonds. The van der Waals surface area contributed by atoms with E-state index in [-0.39, 0.29) is 5.82 Å².